The lowest BCUT2D eigenvalue weighted by Gasteiger charge is -2.23. The minimum absolute atomic E-state index is 0.195. The zero-order valence-corrected chi connectivity index (χ0v) is 19.2. The third-order valence-corrected chi connectivity index (χ3v) is 6.74. The first kappa shape index (κ1) is 23.8. The van der Waals surface area contributed by atoms with Crippen molar-refractivity contribution in [2.45, 2.75) is 0 Å². The minimum atomic E-state index is -3.80. The minimum Gasteiger partial charge on any atom is -0.495 e. The molecule has 2 aromatic carbocycles. The smallest absolute Gasteiger partial charge is 0.245 e. The van der Waals surface area contributed by atoms with E-state index in [1.807, 2.05) is 0 Å². The van der Waals surface area contributed by atoms with Gasteiger partial charge in [0.2, 0.25) is 26.0 Å². The molecule has 30 heavy (non-hydrogen) atoms. The maximum absolute atomic E-state index is 12.5. The molecule has 0 radical (unpaired) electrons. The van der Waals surface area contributed by atoms with Gasteiger partial charge >= 0.3 is 0 Å². The number of nitrogens with one attached hydrogen (secondary N) is 1. The Kier molecular flexibility index (Phi) is 7.22. The highest BCUT2D eigenvalue weighted by atomic mass is 35.5. The number of methoxy groups -OCH3 is 1. The average molecular weight is 476 g/mol. The summed E-state index contributed by atoms with van der Waals surface area (Å²) in [6, 6.07) is 10.5. The molecule has 1 amide bonds. The number of carbonyl (C=O) groups is 1. The summed E-state index contributed by atoms with van der Waals surface area (Å²) in [5, 5.41) is 2.77. The standard InChI is InChI=1S/C18H22ClN3O6S2/c1-21(29(3,24)25)14-7-5-6-13(10-14)20-18(23)12-22(30(4,26)27)15-8-9-17(28-2)16(19)11-15/h5-11H,12H2,1-4H3,(H,20,23). The number of halogens is 1. The third-order valence-electron chi connectivity index (χ3n) is 4.10. The zero-order chi connectivity index (χ0) is 22.7. The SMILES string of the molecule is COc1ccc(N(CC(=O)Nc2cccc(N(C)S(C)(=O)=O)c2)S(C)(=O)=O)cc1Cl. The molecule has 1 N–H and O–H groups in total. The average Bonchev–Trinajstić information content (AvgIpc) is 2.64. The highest BCUT2D eigenvalue weighted by molar-refractivity contribution is 7.92. The Balaban J connectivity index is 2.25. The van der Waals surface area contributed by atoms with E-state index < -0.39 is 32.5 Å². The maximum atomic E-state index is 12.5. The summed E-state index contributed by atoms with van der Waals surface area (Å²) in [6.45, 7) is -0.506. The molecule has 0 bridgehead atoms. The fourth-order valence-corrected chi connectivity index (χ4v) is 4.11. The van der Waals surface area contributed by atoms with Gasteiger partial charge in [-0.2, -0.15) is 0 Å². The molecule has 0 unspecified atom stereocenters. The second-order valence-electron chi connectivity index (χ2n) is 6.42. The van der Waals surface area contributed by atoms with Crippen molar-refractivity contribution in [1.82, 2.24) is 0 Å². The second kappa shape index (κ2) is 9.11. The molecule has 0 atom stereocenters. The molecule has 12 heteroatoms. The van der Waals surface area contributed by atoms with E-state index in [4.69, 9.17) is 16.3 Å². The van der Waals surface area contributed by atoms with Gasteiger partial charge in [-0.1, -0.05) is 17.7 Å². The van der Waals surface area contributed by atoms with Crippen molar-refractivity contribution < 1.29 is 26.4 Å². The number of carbonyl (C=O) groups excluding carboxylic acids is 1. The summed E-state index contributed by atoms with van der Waals surface area (Å²) < 4.78 is 54.9. The molecule has 0 saturated carbocycles. The molecule has 2 rings (SSSR count). The zero-order valence-electron chi connectivity index (χ0n) is 16.8. The Hall–Kier alpha value is -2.50. The normalized spacial score (nSPS) is 11.6. The van der Waals surface area contributed by atoms with Gasteiger partial charge < -0.3 is 10.1 Å². The Bertz CT molecular complexity index is 1150. The molecule has 0 fully saturated rings. The number of ether oxygens (including phenoxy) is 1. The van der Waals surface area contributed by atoms with Crippen LogP contribution in [0.15, 0.2) is 42.5 Å². The van der Waals surface area contributed by atoms with Crippen LogP contribution >= 0.6 is 11.6 Å². The molecule has 164 valence electrons. The molecular formula is C18H22ClN3O6S2. The van der Waals surface area contributed by atoms with E-state index in [0.29, 0.717) is 17.1 Å². The summed E-state index contributed by atoms with van der Waals surface area (Å²) in [5.74, 6) is -0.253. The Morgan fingerprint density at radius 3 is 2.23 bits per heavy atom. The van der Waals surface area contributed by atoms with Crippen LogP contribution < -0.4 is 18.7 Å². The predicted octanol–water partition coefficient (Wildman–Crippen LogP) is 2.15. The number of nitrogens with zero attached hydrogens (tertiary/aromatic N) is 2. The predicted molar refractivity (Wildman–Crippen MR) is 119 cm³/mol. The van der Waals surface area contributed by atoms with Crippen molar-refractivity contribution in [3.05, 3.63) is 47.5 Å². The summed E-state index contributed by atoms with van der Waals surface area (Å²) in [4.78, 5) is 12.5. The van der Waals surface area contributed by atoms with Crippen molar-refractivity contribution in [1.29, 1.82) is 0 Å². The van der Waals surface area contributed by atoms with Crippen LogP contribution in [-0.4, -0.2) is 56.0 Å². The van der Waals surface area contributed by atoms with Crippen LogP contribution in [0.4, 0.5) is 17.1 Å². The maximum Gasteiger partial charge on any atom is 0.245 e. The number of anilines is 3. The van der Waals surface area contributed by atoms with Crippen molar-refractivity contribution in [3.63, 3.8) is 0 Å². The number of sulfonamides is 2. The molecule has 0 heterocycles. The highest BCUT2D eigenvalue weighted by Crippen LogP contribution is 2.30. The number of hydrogen-bond donors (Lipinski definition) is 1. The van der Waals surface area contributed by atoms with Crippen molar-refractivity contribution >= 4 is 54.6 Å². The number of amides is 1. The number of rotatable bonds is 8. The van der Waals surface area contributed by atoms with Crippen LogP contribution in [0.25, 0.3) is 0 Å². The van der Waals surface area contributed by atoms with E-state index in [2.05, 4.69) is 5.32 Å². The number of hydrogen-bond acceptors (Lipinski definition) is 6. The fourth-order valence-electron chi connectivity index (χ4n) is 2.51. The van der Waals surface area contributed by atoms with Gasteiger partial charge in [-0.05, 0) is 36.4 Å². The van der Waals surface area contributed by atoms with Gasteiger partial charge in [0.25, 0.3) is 0 Å². The van der Waals surface area contributed by atoms with Gasteiger partial charge in [0, 0.05) is 12.7 Å². The van der Waals surface area contributed by atoms with Crippen LogP contribution in [0.1, 0.15) is 0 Å². The first-order valence-electron chi connectivity index (χ1n) is 8.48. The van der Waals surface area contributed by atoms with E-state index in [-0.39, 0.29) is 10.7 Å². The summed E-state index contributed by atoms with van der Waals surface area (Å²) >= 11 is 6.07. The molecular weight excluding hydrogens is 454 g/mol. The van der Waals surface area contributed by atoms with E-state index in [1.165, 1.54) is 38.4 Å². The first-order chi connectivity index (χ1) is 13.8. The second-order valence-corrected chi connectivity index (χ2v) is 10.7. The van der Waals surface area contributed by atoms with Crippen LogP contribution in [0.2, 0.25) is 5.02 Å². The lowest BCUT2D eigenvalue weighted by Crippen LogP contribution is -2.37. The van der Waals surface area contributed by atoms with Crippen molar-refractivity contribution in [2.75, 3.05) is 47.1 Å². The summed E-state index contributed by atoms with van der Waals surface area (Å²) in [5.41, 5.74) is 0.857. The molecule has 0 aliphatic heterocycles. The van der Waals surface area contributed by atoms with Crippen LogP contribution in [0.5, 0.6) is 5.75 Å². The molecule has 0 aromatic heterocycles. The first-order valence-corrected chi connectivity index (χ1v) is 12.6. The van der Waals surface area contributed by atoms with Gasteiger partial charge in [-0.25, -0.2) is 16.8 Å². The molecule has 0 spiro atoms. The van der Waals surface area contributed by atoms with Crippen LogP contribution in [0, 0.1) is 0 Å². The Labute approximate surface area is 181 Å². The highest BCUT2D eigenvalue weighted by Gasteiger charge is 2.22. The monoisotopic (exact) mass is 475 g/mol. The lowest BCUT2D eigenvalue weighted by atomic mass is 10.2. The number of benzene rings is 2. The van der Waals surface area contributed by atoms with E-state index in [9.17, 15) is 21.6 Å². The van der Waals surface area contributed by atoms with E-state index >= 15 is 0 Å². The molecule has 0 aliphatic rings. The van der Waals surface area contributed by atoms with E-state index in [1.54, 1.807) is 18.2 Å². The van der Waals surface area contributed by atoms with Gasteiger partial charge in [0.05, 0.1) is 36.0 Å². The lowest BCUT2D eigenvalue weighted by molar-refractivity contribution is -0.114. The molecule has 2 aromatic rings. The summed E-state index contributed by atoms with van der Waals surface area (Å²) in [6.07, 6.45) is 2.03. The van der Waals surface area contributed by atoms with Crippen LogP contribution in [-0.2, 0) is 24.8 Å². The topological polar surface area (TPSA) is 113 Å². The van der Waals surface area contributed by atoms with Gasteiger partial charge in [0.1, 0.15) is 12.3 Å². The van der Waals surface area contributed by atoms with Gasteiger partial charge in [-0.15, -0.1) is 0 Å². The van der Waals surface area contributed by atoms with Crippen molar-refractivity contribution in [2.24, 2.45) is 0 Å². The largest absolute Gasteiger partial charge is 0.495 e. The molecule has 0 aliphatic carbocycles. The van der Waals surface area contributed by atoms with Crippen molar-refractivity contribution in [3.8, 4) is 5.75 Å². The van der Waals surface area contributed by atoms with E-state index in [0.717, 1.165) is 21.1 Å². The summed E-state index contributed by atoms with van der Waals surface area (Å²) in [7, 11) is -4.46. The Morgan fingerprint density at radius 1 is 1.03 bits per heavy atom. The van der Waals surface area contributed by atoms with Crippen LogP contribution in [0.3, 0.4) is 0 Å². The fraction of sp³-hybridized carbons (Fsp3) is 0.278. The molecule has 0 saturated heterocycles. The third kappa shape index (κ3) is 6.00. The van der Waals surface area contributed by atoms with Gasteiger partial charge in [-0.3, -0.25) is 13.4 Å². The Morgan fingerprint density at radius 2 is 1.70 bits per heavy atom. The quantitative estimate of drug-likeness (QED) is 0.625. The van der Waals surface area contributed by atoms with Gasteiger partial charge in [0.15, 0.2) is 0 Å². The molecule has 9 nitrogen and oxygen atoms in total.